The number of amides is 4. The number of anilines is 2. The Labute approximate surface area is 160 Å². The van der Waals surface area contributed by atoms with Crippen LogP contribution < -0.4 is 10.6 Å². The first kappa shape index (κ1) is 18.4. The second kappa shape index (κ2) is 7.09. The minimum Gasteiger partial charge on any atom is -0.399 e. The Hall–Kier alpha value is -3.37. The molecule has 1 saturated heterocycles. The van der Waals surface area contributed by atoms with Crippen LogP contribution in [0.2, 0.25) is 5.02 Å². The average molecular weight is 383 g/mol. The number of hydrogen-bond donors (Lipinski definition) is 1. The molecule has 0 radical (unpaired) electrons. The Morgan fingerprint density at radius 3 is 2.56 bits per heavy atom. The topological polar surface area (TPSA) is 108 Å². The molecule has 3 rings (SSSR count). The maximum atomic E-state index is 12.9. The van der Waals surface area contributed by atoms with Gasteiger partial charge in [-0.3, -0.25) is 9.59 Å². The first-order chi connectivity index (χ1) is 12.8. The molecule has 1 aromatic carbocycles. The van der Waals surface area contributed by atoms with Gasteiger partial charge in [-0.1, -0.05) is 17.7 Å². The zero-order valence-corrected chi connectivity index (χ0v) is 15.2. The molecule has 1 aromatic rings. The van der Waals surface area contributed by atoms with Gasteiger partial charge in [0.05, 0.1) is 11.8 Å². The number of hydrogen-bond acceptors (Lipinski definition) is 5. The third-order valence-corrected chi connectivity index (χ3v) is 4.39. The summed E-state index contributed by atoms with van der Waals surface area (Å²) in [6, 6.07) is 5.64. The fraction of sp³-hybridized carbons (Fsp3) is 0.158. The van der Waals surface area contributed by atoms with E-state index in [1.165, 1.54) is 31.2 Å². The predicted octanol–water partition coefficient (Wildman–Crippen LogP) is 3.29. The molecule has 136 valence electrons. The van der Waals surface area contributed by atoms with Crippen LogP contribution in [0.15, 0.2) is 53.3 Å². The number of nitrogen functional groups attached to an aromatic ring is 1. The summed E-state index contributed by atoms with van der Waals surface area (Å²) in [5.74, 6) is -1.23. The monoisotopic (exact) mass is 382 g/mol. The summed E-state index contributed by atoms with van der Waals surface area (Å²) in [4.78, 5) is 39.4. The maximum Gasteiger partial charge on any atom is 0.343 e. The molecule has 1 fully saturated rings. The van der Waals surface area contributed by atoms with Crippen molar-refractivity contribution in [1.29, 1.82) is 5.26 Å². The van der Waals surface area contributed by atoms with Crippen molar-refractivity contribution in [3.63, 3.8) is 0 Å². The van der Waals surface area contributed by atoms with Crippen LogP contribution in [0.1, 0.15) is 19.8 Å². The molecule has 0 saturated carbocycles. The summed E-state index contributed by atoms with van der Waals surface area (Å²) in [6.45, 7) is 1.21. The lowest BCUT2D eigenvalue weighted by Crippen LogP contribution is -2.35. The van der Waals surface area contributed by atoms with Crippen LogP contribution in [-0.4, -0.2) is 22.7 Å². The number of nitrogens with two attached hydrogens (primary N) is 1. The number of rotatable bonds is 2. The molecule has 2 aliphatic rings. The van der Waals surface area contributed by atoms with E-state index in [-0.39, 0.29) is 22.1 Å². The van der Waals surface area contributed by atoms with Crippen molar-refractivity contribution in [2.75, 3.05) is 10.6 Å². The molecule has 7 nitrogen and oxygen atoms in total. The highest BCUT2D eigenvalue weighted by atomic mass is 35.5. The lowest BCUT2D eigenvalue weighted by molar-refractivity contribution is -0.125. The van der Waals surface area contributed by atoms with Crippen molar-refractivity contribution in [3.05, 3.63) is 58.3 Å². The number of halogens is 1. The number of carbonyl (C=O) groups excluding carboxylic acids is 3. The van der Waals surface area contributed by atoms with E-state index >= 15 is 0 Å². The lowest BCUT2D eigenvalue weighted by Gasteiger charge is -2.15. The smallest absolute Gasteiger partial charge is 0.343 e. The first-order valence-corrected chi connectivity index (χ1v) is 8.46. The molecule has 1 aliphatic carbocycles. The molecule has 1 aliphatic heterocycles. The van der Waals surface area contributed by atoms with Crippen molar-refractivity contribution in [1.82, 2.24) is 4.90 Å². The van der Waals surface area contributed by atoms with Gasteiger partial charge in [0.25, 0.3) is 5.91 Å². The van der Waals surface area contributed by atoms with Gasteiger partial charge in [0.1, 0.15) is 5.70 Å². The van der Waals surface area contributed by atoms with Crippen molar-refractivity contribution in [3.8, 4) is 6.07 Å². The Morgan fingerprint density at radius 2 is 2.00 bits per heavy atom. The number of nitrogens with zero attached hydrogens (tertiary/aromatic N) is 3. The first-order valence-electron chi connectivity index (χ1n) is 8.08. The Bertz CT molecular complexity index is 980. The molecule has 8 heteroatoms. The van der Waals surface area contributed by atoms with Gasteiger partial charge < -0.3 is 5.73 Å². The van der Waals surface area contributed by atoms with Crippen molar-refractivity contribution in [2.24, 2.45) is 0 Å². The third-order valence-electron chi connectivity index (χ3n) is 4.17. The number of carbonyl (C=O) groups is 3. The highest BCUT2D eigenvalue weighted by molar-refractivity contribution is 6.33. The van der Waals surface area contributed by atoms with Gasteiger partial charge in [-0.2, -0.15) is 5.26 Å². The second-order valence-corrected chi connectivity index (χ2v) is 6.53. The van der Waals surface area contributed by atoms with E-state index in [1.54, 1.807) is 12.2 Å². The fourth-order valence-electron chi connectivity index (χ4n) is 2.93. The summed E-state index contributed by atoms with van der Waals surface area (Å²) in [7, 11) is 0. The Morgan fingerprint density at radius 1 is 1.26 bits per heavy atom. The van der Waals surface area contributed by atoms with E-state index in [1.807, 2.05) is 0 Å². The normalized spacial score (nSPS) is 18.5. The number of nitriles is 1. The molecule has 0 unspecified atom stereocenters. The molecule has 4 amide bonds. The molecule has 2 N–H and O–H groups in total. The Balaban J connectivity index is 2.05. The molecule has 27 heavy (non-hydrogen) atoms. The van der Waals surface area contributed by atoms with Crippen LogP contribution in [0.3, 0.4) is 0 Å². The SMILES string of the molecule is CC(=O)N1C(=O)N(c2cc(N)cc(Cl)c2)C(=O)/C1=C\C1=CC=C(C#N)CC1. The Kier molecular flexibility index (Phi) is 4.84. The molecule has 0 atom stereocenters. The van der Waals surface area contributed by atoms with Gasteiger partial charge in [-0.15, -0.1) is 0 Å². The summed E-state index contributed by atoms with van der Waals surface area (Å²) >= 11 is 5.98. The van der Waals surface area contributed by atoms with Gasteiger partial charge >= 0.3 is 6.03 Å². The number of benzene rings is 1. The minimum absolute atomic E-state index is 0.0499. The van der Waals surface area contributed by atoms with E-state index in [0.29, 0.717) is 18.4 Å². The van der Waals surface area contributed by atoms with E-state index in [4.69, 9.17) is 22.6 Å². The largest absolute Gasteiger partial charge is 0.399 e. The molecule has 0 spiro atoms. The van der Waals surface area contributed by atoms with Gasteiger partial charge in [0, 0.05) is 23.2 Å². The second-order valence-electron chi connectivity index (χ2n) is 6.10. The molecule has 1 heterocycles. The van der Waals surface area contributed by atoms with Crippen LogP contribution in [-0.2, 0) is 9.59 Å². The predicted molar refractivity (Wildman–Crippen MR) is 100 cm³/mol. The summed E-state index contributed by atoms with van der Waals surface area (Å²) in [6.07, 6.45) is 5.92. The number of urea groups is 1. The van der Waals surface area contributed by atoms with Crippen molar-refractivity contribution < 1.29 is 14.4 Å². The average Bonchev–Trinajstić information content (AvgIpc) is 2.85. The summed E-state index contributed by atoms with van der Waals surface area (Å²) in [5, 5.41) is 9.18. The van der Waals surface area contributed by atoms with Crippen molar-refractivity contribution >= 4 is 40.8 Å². The highest BCUT2D eigenvalue weighted by Gasteiger charge is 2.44. The molecular formula is C19H15ClN4O3. The highest BCUT2D eigenvalue weighted by Crippen LogP contribution is 2.32. The maximum absolute atomic E-state index is 12.9. The standard InChI is InChI=1S/C19H15ClN4O3/c1-11(25)23-17(6-12-2-4-13(10-21)5-3-12)18(26)24(19(23)27)16-8-14(20)7-15(22)9-16/h2,4,6-9H,3,5,22H2,1H3/b17-6+. The van der Waals surface area contributed by atoms with Crippen LogP contribution in [0.4, 0.5) is 16.2 Å². The van der Waals surface area contributed by atoms with Crippen LogP contribution in [0.5, 0.6) is 0 Å². The zero-order valence-electron chi connectivity index (χ0n) is 14.4. The van der Waals surface area contributed by atoms with Crippen LogP contribution in [0, 0.1) is 11.3 Å². The van der Waals surface area contributed by atoms with Gasteiger partial charge in [-0.05, 0) is 48.8 Å². The fourth-order valence-corrected chi connectivity index (χ4v) is 3.16. The molecular weight excluding hydrogens is 368 g/mol. The lowest BCUT2D eigenvalue weighted by atomic mass is 9.98. The van der Waals surface area contributed by atoms with Gasteiger partial charge in [0.15, 0.2) is 0 Å². The molecule has 0 aromatic heterocycles. The summed E-state index contributed by atoms with van der Waals surface area (Å²) < 4.78 is 0. The van der Waals surface area contributed by atoms with Gasteiger partial charge in [-0.25, -0.2) is 14.6 Å². The zero-order chi connectivity index (χ0) is 19.7. The van der Waals surface area contributed by atoms with Crippen LogP contribution >= 0.6 is 11.6 Å². The number of imide groups is 2. The van der Waals surface area contributed by atoms with E-state index < -0.39 is 17.8 Å². The molecule has 0 bridgehead atoms. The van der Waals surface area contributed by atoms with Crippen LogP contribution in [0.25, 0.3) is 0 Å². The van der Waals surface area contributed by atoms with E-state index in [9.17, 15) is 14.4 Å². The number of allylic oxidation sites excluding steroid dienone is 5. The van der Waals surface area contributed by atoms with Crippen molar-refractivity contribution in [2.45, 2.75) is 19.8 Å². The summed E-state index contributed by atoms with van der Waals surface area (Å²) in [5.41, 5.74) is 7.55. The third kappa shape index (κ3) is 3.48. The van der Waals surface area contributed by atoms with E-state index in [0.717, 1.165) is 15.4 Å². The minimum atomic E-state index is -0.787. The van der Waals surface area contributed by atoms with Gasteiger partial charge in [0.2, 0.25) is 5.91 Å². The quantitative estimate of drug-likeness (QED) is 0.479. The van der Waals surface area contributed by atoms with E-state index in [2.05, 4.69) is 6.07 Å².